The van der Waals surface area contributed by atoms with E-state index in [0.29, 0.717) is 0 Å². The SMILES string of the molecule is CCC12CCC(C)(C)c3ccc(c(c3)C1)-c1cc3ccccc3c[n+]12. The van der Waals surface area contributed by atoms with Crippen LogP contribution in [-0.2, 0) is 17.4 Å². The summed E-state index contributed by atoms with van der Waals surface area (Å²) in [5, 5.41) is 2.69. The summed E-state index contributed by atoms with van der Waals surface area (Å²) in [6, 6.07) is 18.4. The lowest BCUT2D eigenvalue weighted by molar-refractivity contribution is -0.758. The van der Waals surface area contributed by atoms with Crippen LogP contribution in [0.5, 0.6) is 0 Å². The van der Waals surface area contributed by atoms with Crippen molar-refractivity contribution in [2.75, 3.05) is 0 Å². The first-order valence-corrected chi connectivity index (χ1v) is 9.61. The van der Waals surface area contributed by atoms with Crippen LogP contribution in [0.15, 0.2) is 54.7 Å². The van der Waals surface area contributed by atoms with Gasteiger partial charge in [-0.25, -0.2) is 0 Å². The molecule has 0 amide bonds. The topological polar surface area (TPSA) is 3.88 Å². The van der Waals surface area contributed by atoms with E-state index in [4.69, 9.17) is 0 Å². The van der Waals surface area contributed by atoms with E-state index in [0.717, 1.165) is 0 Å². The minimum Gasteiger partial charge on any atom is -0.192 e. The van der Waals surface area contributed by atoms with Gasteiger partial charge in [-0.2, -0.15) is 4.57 Å². The largest absolute Gasteiger partial charge is 0.213 e. The lowest BCUT2D eigenvalue weighted by Gasteiger charge is -2.39. The maximum atomic E-state index is 2.62. The second kappa shape index (κ2) is 4.94. The van der Waals surface area contributed by atoms with E-state index in [1.54, 1.807) is 5.56 Å². The molecule has 3 bridgehead atoms. The highest BCUT2D eigenvalue weighted by Crippen LogP contribution is 2.44. The fraction of sp³-hybridized carbons (Fsp3) is 0.375. The van der Waals surface area contributed by atoms with Gasteiger partial charge in [0.2, 0.25) is 5.69 Å². The molecule has 0 fully saturated rings. The molecule has 0 spiro atoms. The number of hydrogen-bond acceptors (Lipinski definition) is 0. The van der Waals surface area contributed by atoms with E-state index in [9.17, 15) is 0 Å². The van der Waals surface area contributed by atoms with Crippen LogP contribution in [0.3, 0.4) is 0 Å². The number of aromatic nitrogens is 1. The van der Waals surface area contributed by atoms with Gasteiger partial charge in [0.05, 0.1) is 0 Å². The predicted octanol–water partition coefficient (Wildman–Crippen LogP) is 5.53. The third kappa shape index (κ3) is 2.05. The van der Waals surface area contributed by atoms with Crippen molar-refractivity contribution in [2.45, 2.75) is 57.4 Å². The molecule has 0 saturated heterocycles. The summed E-state index contributed by atoms with van der Waals surface area (Å²) in [5.74, 6) is 0. The van der Waals surface area contributed by atoms with E-state index in [2.05, 4.69) is 80.1 Å². The summed E-state index contributed by atoms with van der Waals surface area (Å²) in [4.78, 5) is 0. The molecule has 1 aromatic heterocycles. The van der Waals surface area contributed by atoms with Gasteiger partial charge < -0.3 is 0 Å². The molecule has 1 heteroatoms. The van der Waals surface area contributed by atoms with Gasteiger partial charge in [-0.1, -0.05) is 51.1 Å². The predicted molar refractivity (Wildman–Crippen MR) is 104 cm³/mol. The Balaban J connectivity index is 1.88. The second-order valence-corrected chi connectivity index (χ2v) is 8.67. The first kappa shape index (κ1) is 15.1. The number of fused-ring (bicyclic) bond motifs is 6. The zero-order valence-corrected chi connectivity index (χ0v) is 15.5. The average molecular weight is 328 g/mol. The Morgan fingerprint density at radius 1 is 0.960 bits per heavy atom. The monoisotopic (exact) mass is 328 g/mol. The number of benzene rings is 2. The molecule has 1 unspecified atom stereocenters. The van der Waals surface area contributed by atoms with Gasteiger partial charge in [-0.15, -0.1) is 0 Å². The fourth-order valence-corrected chi connectivity index (χ4v) is 5.01. The van der Waals surface area contributed by atoms with E-state index in [-0.39, 0.29) is 11.0 Å². The highest BCUT2D eigenvalue weighted by atomic mass is 15.1. The van der Waals surface area contributed by atoms with Gasteiger partial charge in [-0.05, 0) is 40.5 Å². The first-order valence-electron chi connectivity index (χ1n) is 9.61. The average Bonchev–Trinajstić information content (AvgIpc) is 2.63. The molecule has 0 saturated carbocycles. The Bertz CT molecular complexity index is 998. The molecule has 1 nitrogen and oxygen atoms in total. The molecule has 1 atom stereocenters. The molecule has 2 aliphatic rings. The summed E-state index contributed by atoms with van der Waals surface area (Å²) < 4.78 is 2.62. The number of rotatable bonds is 1. The Hall–Kier alpha value is -2.15. The van der Waals surface area contributed by atoms with Crippen LogP contribution >= 0.6 is 0 Å². The second-order valence-electron chi connectivity index (χ2n) is 8.67. The summed E-state index contributed by atoms with van der Waals surface area (Å²) >= 11 is 0. The summed E-state index contributed by atoms with van der Waals surface area (Å²) in [5.41, 5.74) is 6.34. The van der Waals surface area contributed by atoms with Crippen molar-refractivity contribution in [3.8, 4) is 11.3 Å². The highest BCUT2D eigenvalue weighted by Gasteiger charge is 2.47. The molecular weight excluding hydrogens is 302 g/mol. The Kier molecular flexibility index (Phi) is 2.99. The molecule has 5 rings (SSSR count). The third-order valence-electron chi connectivity index (χ3n) is 6.88. The molecule has 2 aromatic carbocycles. The standard InChI is InChI=1S/C24H26N/c1-4-24-12-11-23(2,3)20-9-10-21(19(13-20)15-24)22-14-17-7-5-6-8-18(17)16-25(22)24/h5-10,13-14,16H,4,11-12,15H2,1-3H3/q+1. The number of nitrogens with zero attached hydrogens (tertiary/aromatic N) is 1. The molecule has 126 valence electrons. The molecule has 0 N–H and O–H groups in total. The van der Waals surface area contributed by atoms with E-state index < -0.39 is 0 Å². The van der Waals surface area contributed by atoms with Gasteiger partial charge >= 0.3 is 0 Å². The molecule has 25 heavy (non-hydrogen) atoms. The van der Waals surface area contributed by atoms with Gasteiger partial charge in [0.15, 0.2) is 11.7 Å². The summed E-state index contributed by atoms with van der Waals surface area (Å²) in [6.45, 7) is 7.19. The van der Waals surface area contributed by atoms with Crippen molar-refractivity contribution in [1.82, 2.24) is 0 Å². The number of pyridine rings is 1. The van der Waals surface area contributed by atoms with Crippen molar-refractivity contribution in [2.24, 2.45) is 0 Å². The van der Waals surface area contributed by atoms with Crippen LogP contribution in [0.4, 0.5) is 0 Å². The van der Waals surface area contributed by atoms with Gasteiger partial charge in [0.25, 0.3) is 0 Å². The van der Waals surface area contributed by atoms with Crippen LogP contribution in [-0.4, -0.2) is 0 Å². The van der Waals surface area contributed by atoms with Crippen molar-refractivity contribution in [1.29, 1.82) is 0 Å². The number of hydrogen-bond donors (Lipinski definition) is 0. The van der Waals surface area contributed by atoms with Crippen molar-refractivity contribution in [3.63, 3.8) is 0 Å². The van der Waals surface area contributed by atoms with Gasteiger partial charge in [0, 0.05) is 36.3 Å². The molecule has 0 radical (unpaired) electrons. The molecular formula is C24H26N+. The minimum atomic E-state index is 0.211. The zero-order chi connectivity index (χ0) is 17.2. The summed E-state index contributed by atoms with van der Waals surface area (Å²) in [7, 11) is 0. The Labute approximate surface area is 150 Å². The quantitative estimate of drug-likeness (QED) is 0.517. The normalized spacial score (nSPS) is 23.2. The zero-order valence-electron chi connectivity index (χ0n) is 15.5. The summed E-state index contributed by atoms with van der Waals surface area (Å²) in [6.07, 6.45) is 7.24. The Morgan fingerprint density at radius 3 is 2.56 bits per heavy atom. The molecule has 1 aliphatic heterocycles. The van der Waals surface area contributed by atoms with E-state index >= 15 is 0 Å². The molecule has 2 heterocycles. The highest BCUT2D eigenvalue weighted by molar-refractivity contribution is 5.84. The molecule has 3 aromatic rings. The lowest BCUT2D eigenvalue weighted by atomic mass is 9.68. The van der Waals surface area contributed by atoms with Crippen LogP contribution in [0, 0.1) is 0 Å². The fourth-order valence-electron chi connectivity index (χ4n) is 5.01. The van der Waals surface area contributed by atoms with E-state index in [1.165, 1.54) is 53.3 Å². The van der Waals surface area contributed by atoms with Crippen molar-refractivity contribution < 1.29 is 4.57 Å². The van der Waals surface area contributed by atoms with Crippen LogP contribution < -0.4 is 4.57 Å². The van der Waals surface area contributed by atoms with Crippen LogP contribution in [0.1, 0.15) is 51.2 Å². The minimum absolute atomic E-state index is 0.211. The lowest BCUT2D eigenvalue weighted by Crippen LogP contribution is -2.61. The van der Waals surface area contributed by atoms with E-state index in [1.807, 2.05) is 0 Å². The maximum absolute atomic E-state index is 2.62. The first-order chi connectivity index (χ1) is 12.0. The van der Waals surface area contributed by atoms with Crippen LogP contribution in [0.2, 0.25) is 0 Å². The van der Waals surface area contributed by atoms with Gasteiger partial charge in [-0.3, -0.25) is 0 Å². The van der Waals surface area contributed by atoms with Gasteiger partial charge in [0.1, 0.15) is 0 Å². The smallest absolute Gasteiger partial charge is 0.192 e. The molecule has 1 aliphatic carbocycles. The van der Waals surface area contributed by atoms with Crippen molar-refractivity contribution in [3.05, 3.63) is 65.9 Å². The third-order valence-corrected chi connectivity index (χ3v) is 6.88. The van der Waals surface area contributed by atoms with Crippen LogP contribution in [0.25, 0.3) is 22.0 Å². The maximum Gasteiger partial charge on any atom is 0.213 e. The van der Waals surface area contributed by atoms with Crippen molar-refractivity contribution >= 4 is 10.8 Å². The Morgan fingerprint density at radius 2 is 1.76 bits per heavy atom.